The van der Waals surface area contributed by atoms with Gasteiger partial charge in [-0.15, -0.1) is 0 Å². The number of methoxy groups -OCH3 is 1. The predicted molar refractivity (Wildman–Crippen MR) is 78.5 cm³/mol. The minimum atomic E-state index is -0.916. The van der Waals surface area contributed by atoms with E-state index in [1.54, 1.807) is 34.7 Å². The van der Waals surface area contributed by atoms with Gasteiger partial charge in [0.1, 0.15) is 0 Å². The fraction of sp³-hybridized carbons (Fsp3) is 0.800. The summed E-state index contributed by atoms with van der Waals surface area (Å²) >= 11 is 0. The molecule has 1 unspecified atom stereocenters. The van der Waals surface area contributed by atoms with E-state index in [2.05, 4.69) is 5.32 Å². The molecule has 0 aliphatic heterocycles. The van der Waals surface area contributed by atoms with E-state index in [1.165, 1.54) is 7.11 Å². The maximum absolute atomic E-state index is 12.2. The zero-order valence-electron chi connectivity index (χ0n) is 13.9. The van der Waals surface area contributed by atoms with Crippen LogP contribution in [-0.2, 0) is 23.9 Å². The summed E-state index contributed by atoms with van der Waals surface area (Å²) in [6, 6.07) is 0. The molecule has 0 bridgehead atoms. The van der Waals surface area contributed by atoms with Crippen molar-refractivity contribution in [3.63, 3.8) is 0 Å². The fourth-order valence-electron chi connectivity index (χ4n) is 2.41. The van der Waals surface area contributed by atoms with Crippen molar-refractivity contribution in [1.82, 2.24) is 5.32 Å². The first-order chi connectivity index (χ1) is 9.62. The maximum Gasteiger partial charge on any atom is 0.311 e. The molecule has 1 N–H and O–H groups in total. The van der Waals surface area contributed by atoms with Crippen LogP contribution in [0.15, 0.2) is 0 Å². The average Bonchev–Trinajstić information content (AvgIpc) is 2.43. The SMILES string of the molecule is CCOC(=O)C(C)(CCC(=O)NC)CC(C)(C)C(=O)OC. The van der Waals surface area contributed by atoms with Gasteiger partial charge in [0.05, 0.1) is 24.5 Å². The third-order valence-electron chi connectivity index (χ3n) is 3.52. The van der Waals surface area contributed by atoms with Crippen LogP contribution >= 0.6 is 0 Å². The van der Waals surface area contributed by atoms with Crippen LogP contribution in [0.5, 0.6) is 0 Å². The number of nitrogens with one attached hydrogen (secondary N) is 1. The monoisotopic (exact) mass is 301 g/mol. The highest BCUT2D eigenvalue weighted by Crippen LogP contribution is 2.39. The van der Waals surface area contributed by atoms with Gasteiger partial charge in [-0.1, -0.05) is 0 Å². The highest BCUT2D eigenvalue weighted by molar-refractivity contribution is 5.81. The Labute approximate surface area is 126 Å². The van der Waals surface area contributed by atoms with Gasteiger partial charge in [0, 0.05) is 13.5 Å². The van der Waals surface area contributed by atoms with E-state index in [0.29, 0.717) is 6.42 Å². The van der Waals surface area contributed by atoms with E-state index >= 15 is 0 Å². The highest BCUT2D eigenvalue weighted by Gasteiger charge is 2.43. The van der Waals surface area contributed by atoms with Crippen LogP contribution in [0.1, 0.15) is 47.0 Å². The molecule has 1 atom stereocenters. The second-order valence-electron chi connectivity index (χ2n) is 6.01. The number of ether oxygens (including phenoxy) is 2. The zero-order chi connectivity index (χ0) is 16.7. The smallest absolute Gasteiger partial charge is 0.311 e. The lowest BCUT2D eigenvalue weighted by atomic mass is 9.71. The minimum absolute atomic E-state index is 0.151. The van der Waals surface area contributed by atoms with E-state index in [-0.39, 0.29) is 25.4 Å². The molecule has 0 rings (SSSR count). The Hall–Kier alpha value is -1.59. The summed E-state index contributed by atoms with van der Waals surface area (Å²) in [4.78, 5) is 35.5. The normalized spacial score (nSPS) is 14.0. The topological polar surface area (TPSA) is 81.7 Å². The van der Waals surface area contributed by atoms with Gasteiger partial charge in [0.2, 0.25) is 5.91 Å². The molecule has 0 aliphatic carbocycles. The molecule has 0 heterocycles. The highest BCUT2D eigenvalue weighted by atomic mass is 16.5. The summed E-state index contributed by atoms with van der Waals surface area (Å²) in [7, 11) is 2.86. The largest absolute Gasteiger partial charge is 0.469 e. The van der Waals surface area contributed by atoms with Gasteiger partial charge < -0.3 is 14.8 Å². The average molecular weight is 301 g/mol. The molecule has 0 saturated heterocycles. The van der Waals surface area contributed by atoms with Crippen molar-refractivity contribution in [3.8, 4) is 0 Å². The van der Waals surface area contributed by atoms with Crippen LogP contribution in [0.3, 0.4) is 0 Å². The molecule has 0 aromatic carbocycles. The number of hydrogen-bond acceptors (Lipinski definition) is 5. The first kappa shape index (κ1) is 19.4. The van der Waals surface area contributed by atoms with Gasteiger partial charge in [-0.2, -0.15) is 0 Å². The molecule has 0 saturated carbocycles. The third-order valence-corrected chi connectivity index (χ3v) is 3.52. The van der Waals surface area contributed by atoms with Crippen molar-refractivity contribution in [2.75, 3.05) is 20.8 Å². The van der Waals surface area contributed by atoms with Crippen LogP contribution in [0.25, 0.3) is 0 Å². The lowest BCUT2D eigenvalue weighted by Gasteiger charge is -2.34. The lowest BCUT2D eigenvalue weighted by Crippen LogP contribution is -2.39. The molecule has 0 aromatic heterocycles. The van der Waals surface area contributed by atoms with E-state index in [0.717, 1.165) is 0 Å². The first-order valence-electron chi connectivity index (χ1n) is 7.09. The third kappa shape index (κ3) is 5.73. The molecule has 122 valence electrons. The van der Waals surface area contributed by atoms with Crippen LogP contribution in [0.2, 0.25) is 0 Å². The van der Waals surface area contributed by atoms with Gasteiger partial charge in [0.15, 0.2) is 0 Å². The van der Waals surface area contributed by atoms with Crippen LogP contribution < -0.4 is 5.32 Å². The summed E-state index contributed by atoms with van der Waals surface area (Å²) in [5, 5.41) is 2.52. The summed E-state index contributed by atoms with van der Waals surface area (Å²) in [5.74, 6) is -0.940. The van der Waals surface area contributed by atoms with Crippen molar-refractivity contribution >= 4 is 17.8 Å². The molecular formula is C15H27NO5. The van der Waals surface area contributed by atoms with Crippen LogP contribution in [0.4, 0.5) is 0 Å². The minimum Gasteiger partial charge on any atom is -0.469 e. The molecule has 1 amide bonds. The molecule has 0 aliphatic rings. The van der Waals surface area contributed by atoms with Gasteiger partial charge in [-0.3, -0.25) is 14.4 Å². The summed E-state index contributed by atoms with van der Waals surface area (Å²) < 4.78 is 9.89. The number of rotatable bonds is 8. The quantitative estimate of drug-likeness (QED) is 0.690. The van der Waals surface area contributed by atoms with Crippen molar-refractivity contribution in [1.29, 1.82) is 0 Å². The van der Waals surface area contributed by atoms with E-state index in [1.807, 2.05) is 0 Å². The summed E-state index contributed by atoms with van der Waals surface area (Å²) in [6.45, 7) is 7.14. The fourth-order valence-corrected chi connectivity index (χ4v) is 2.41. The number of carbonyl (C=O) groups is 3. The van der Waals surface area contributed by atoms with Crippen molar-refractivity contribution in [2.24, 2.45) is 10.8 Å². The van der Waals surface area contributed by atoms with Gasteiger partial charge in [-0.05, 0) is 40.5 Å². The van der Waals surface area contributed by atoms with Crippen molar-refractivity contribution < 1.29 is 23.9 Å². The molecule has 0 aromatic rings. The van der Waals surface area contributed by atoms with E-state index in [4.69, 9.17) is 9.47 Å². The summed E-state index contributed by atoms with van der Waals surface area (Å²) in [5.41, 5.74) is -1.75. The predicted octanol–water partition coefficient (Wildman–Crippen LogP) is 1.67. The van der Waals surface area contributed by atoms with E-state index in [9.17, 15) is 14.4 Å². The van der Waals surface area contributed by atoms with Crippen molar-refractivity contribution in [3.05, 3.63) is 0 Å². The molecule has 21 heavy (non-hydrogen) atoms. The van der Waals surface area contributed by atoms with Gasteiger partial charge >= 0.3 is 11.9 Å². The van der Waals surface area contributed by atoms with Gasteiger partial charge in [0.25, 0.3) is 0 Å². The summed E-state index contributed by atoms with van der Waals surface area (Å²) in [6.07, 6.45) is 0.761. The second kappa shape index (κ2) is 8.00. The van der Waals surface area contributed by atoms with Gasteiger partial charge in [-0.25, -0.2) is 0 Å². The van der Waals surface area contributed by atoms with Crippen molar-refractivity contribution in [2.45, 2.75) is 47.0 Å². The Balaban J connectivity index is 5.17. The molecule has 0 fully saturated rings. The Morgan fingerprint density at radius 1 is 1.10 bits per heavy atom. The number of hydrogen-bond donors (Lipinski definition) is 1. The Bertz CT molecular complexity index is 392. The zero-order valence-corrected chi connectivity index (χ0v) is 13.9. The van der Waals surface area contributed by atoms with Crippen LogP contribution in [0, 0.1) is 10.8 Å². The molecule has 0 radical (unpaired) electrons. The number of amides is 1. The molecule has 6 heteroatoms. The van der Waals surface area contributed by atoms with E-state index < -0.39 is 22.8 Å². The Kier molecular flexibility index (Phi) is 7.39. The number of esters is 2. The number of carbonyl (C=O) groups excluding carboxylic acids is 3. The molecule has 6 nitrogen and oxygen atoms in total. The standard InChI is InChI=1S/C15H27NO5/c1-7-21-13(19)15(4,9-8-11(17)16-5)10-14(2,3)12(18)20-6/h7-10H2,1-6H3,(H,16,17). The second-order valence-corrected chi connectivity index (χ2v) is 6.01. The Morgan fingerprint density at radius 2 is 1.67 bits per heavy atom. The molecular weight excluding hydrogens is 274 g/mol. The lowest BCUT2D eigenvalue weighted by molar-refractivity contribution is -0.161. The maximum atomic E-state index is 12.2. The Morgan fingerprint density at radius 3 is 2.10 bits per heavy atom. The first-order valence-corrected chi connectivity index (χ1v) is 7.09. The molecule has 0 spiro atoms. The van der Waals surface area contributed by atoms with Crippen LogP contribution in [-0.4, -0.2) is 38.6 Å².